The van der Waals surface area contributed by atoms with Gasteiger partial charge in [0.1, 0.15) is 6.07 Å². The summed E-state index contributed by atoms with van der Waals surface area (Å²) in [7, 11) is 0. The smallest absolute Gasteiger partial charge is 0.266 e. The molecule has 0 atom stereocenters. The Morgan fingerprint density at radius 3 is 2.41 bits per heavy atom. The molecule has 4 heterocycles. The van der Waals surface area contributed by atoms with Crippen LogP contribution >= 0.6 is 0 Å². The van der Waals surface area contributed by atoms with Crippen LogP contribution in [0.3, 0.4) is 0 Å². The molecular weight excluding hydrogens is 374 g/mol. The van der Waals surface area contributed by atoms with E-state index in [2.05, 4.69) is 11.1 Å². The Bertz CT molecular complexity index is 913. The number of anilines is 1. The van der Waals surface area contributed by atoms with Gasteiger partial charge in [0.05, 0.1) is 6.26 Å². The molecule has 2 fully saturated rings. The Morgan fingerprint density at radius 1 is 1.14 bits per heavy atom. The maximum atomic E-state index is 12.9. The van der Waals surface area contributed by atoms with Crippen LogP contribution in [0, 0.1) is 17.2 Å². The molecule has 152 valence electrons. The number of nitrogens with zero attached hydrogens (tertiary/aromatic N) is 5. The number of piperidine rings is 1. The standard InChI is InChI=1S/C20H23N5O4/c1-14(26)23-8-10-24(11-9-23)19(27)15-4-6-25(7-5-15)20-16(13-21)22-18(29-20)17-3-2-12-28-17/h2-3,12,15H,4-11H2,1H3. The highest BCUT2D eigenvalue weighted by Crippen LogP contribution is 2.31. The van der Waals surface area contributed by atoms with E-state index >= 15 is 0 Å². The highest BCUT2D eigenvalue weighted by atomic mass is 16.4. The van der Waals surface area contributed by atoms with E-state index in [1.165, 1.54) is 6.26 Å². The van der Waals surface area contributed by atoms with Crippen molar-refractivity contribution >= 4 is 17.7 Å². The molecular formula is C20H23N5O4. The molecule has 0 saturated carbocycles. The third-order valence-electron chi connectivity index (χ3n) is 5.62. The largest absolute Gasteiger partial charge is 0.459 e. The summed E-state index contributed by atoms with van der Waals surface area (Å²) in [5.41, 5.74) is 0.224. The number of hydrogen-bond donors (Lipinski definition) is 0. The van der Waals surface area contributed by atoms with E-state index in [0.717, 1.165) is 0 Å². The zero-order valence-corrected chi connectivity index (χ0v) is 16.3. The number of aromatic nitrogens is 1. The first kappa shape index (κ1) is 19.1. The number of carbonyl (C=O) groups excluding carboxylic acids is 2. The number of hydrogen-bond acceptors (Lipinski definition) is 7. The van der Waals surface area contributed by atoms with Gasteiger partial charge in [0.15, 0.2) is 5.76 Å². The van der Waals surface area contributed by atoms with Crippen LogP contribution in [0.2, 0.25) is 0 Å². The third kappa shape index (κ3) is 3.83. The lowest BCUT2D eigenvalue weighted by atomic mass is 9.95. The zero-order valence-electron chi connectivity index (χ0n) is 16.3. The summed E-state index contributed by atoms with van der Waals surface area (Å²) in [6.07, 6.45) is 2.90. The van der Waals surface area contributed by atoms with Crippen LogP contribution in [0.5, 0.6) is 0 Å². The molecule has 2 aromatic heterocycles. The lowest BCUT2D eigenvalue weighted by Crippen LogP contribution is -2.52. The van der Waals surface area contributed by atoms with E-state index in [-0.39, 0.29) is 29.3 Å². The molecule has 2 saturated heterocycles. The Labute approximate surface area is 168 Å². The molecule has 2 aliphatic rings. The minimum atomic E-state index is -0.0480. The zero-order chi connectivity index (χ0) is 20.4. The molecule has 4 rings (SSSR count). The first-order valence-corrected chi connectivity index (χ1v) is 9.81. The van der Waals surface area contributed by atoms with Crippen molar-refractivity contribution in [3.8, 4) is 17.7 Å². The van der Waals surface area contributed by atoms with Crippen LogP contribution < -0.4 is 4.90 Å². The molecule has 9 heteroatoms. The van der Waals surface area contributed by atoms with Gasteiger partial charge in [0.25, 0.3) is 5.89 Å². The van der Waals surface area contributed by atoms with Crippen LogP contribution in [0.25, 0.3) is 11.7 Å². The SMILES string of the molecule is CC(=O)N1CCN(C(=O)C2CCN(c3oc(-c4ccco4)nc3C#N)CC2)CC1. The van der Waals surface area contributed by atoms with Crippen LogP contribution in [0.15, 0.2) is 27.2 Å². The van der Waals surface area contributed by atoms with Gasteiger partial charge in [0.2, 0.25) is 23.4 Å². The lowest BCUT2D eigenvalue weighted by Gasteiger charge is -2.38. The summed E-state index contributed by atoms with van der Waals surface area (Å²) in [5, 5.41) is 9.41. The average Bonchev–Trinajstić information content (AvgIpc) is 3.43. The van der Waals surface area contributed by atoms with Crippen molar-refractivity contribution in [2.75, 3.05) is 44.2 Å². The monoisotopic (exact) mass is 397 g/mol. The first-order valence-electron chi connectivity index (χ1n) is 9.81. The van der Waals surface area contributed by atoms with Gasteiger partial charge in [-0.15, -0.1) is 0 Å². The second-order valence-corrected chi connectivity index (χ2v) is 7.35. The summed E-state index contributed by atoms with van der Waals surface area (Å²) >= 11 is 0. The summed E-state index contributed by atoms with van der Waals surface area (Å²) in [6.45, 7) is 5.16. The quantitative estimate of drug-likeness (QED) is 0.776. The number of oxazole rings is 1. The minimum absolute atomic E-state index is 0.0480. The Balaban J connectivity index is 1.37. The molecule has 29 heavy (non-hydrogen) atoms. The van der Waals surface area contributed by atoms with Crippen molar-refractivity contribution in [3.63, 3.8) is 0 Å². The van der Waals surface area contributed by atoms with E-state index in [9.17, 15) is 14.9 Å². The van der Waals surface area contributed by atoms with Crippen molar-refractivity contribution in [3.05, 3.63) is 24.1 Å². The van der Waals surface area contributed by atoms with Gasteiger partial charge < -0.3 is 23.5 Å². The normalized spacial score (nSPS) is 18.0. The second-order valence-electron chi connectivity index (χ2n) is 7.35. The van der Waals surface area contributed by atoms with Crippen molar-refractivity contribution < 1.29 is 18.4 Å². The van der Waals surface area contributed by atoms with Gasteiger partial charge >= 0.3 is 0 Å². The molecule has 2 aromatic rings. The molecule has 0 aliphatic carbocycles. The lowest BCUT2D eigenvalue weighted by molar-refractivity contribution is -0.141. The Morgan fingerprint density at radius 2 is 1.83 bits per heavy atom. The average molecular weight is 397 g/mol. The second kappa shape index (κ2) is 7.99. The molecule has 0 unspecified atom stereocenters. The van der Waals surface area contributed by atoms with Crippen LogP contribution in [0.1, 0.15) is 25.5 Å². The van der Waals surface area contributed by atoms with Gasteiger partial charge in [-0.05, 0) is 25.0 Å². The summed E-state index contributed by atoms with van der Waals surface area (Å²) < 4.78 is 11.1. The predicted molar refractivity (Wildman–Crippen MR) is 103 cm³/mol. The highest BCUT2D eigenvalue weighted by Gasteiger charge is 2.32. The van der Waals surface area contributed by atoms with E-state index in [0.29, 0.717) is 63.8 Å². The van der Waals surface area contributed by atoms with Crippen molar-refractivity contribution in [1.29, 1.82) is 5.26 Å². The third-order valence-corrected chi connectivity index (χ3v) is 5.62. The number of nitriles is 1. The van der Waals surface area contributed by atoms with E-state index in [4.69, 9.17) is 8.83 Å². The number of furan rings is 1. The molecule has 2 aliphatic heterocycles. The number of rotatable bonds is 3. The molecule has 0 aromatic carbocycles. The van der Waals surface area contributed by atoms with E-state index < -0.39 is 0 Å². The van der Waals surface area contributed by atoms with Crippen LogP contribution in [-0.4, -0.2) is 65.9 Å². The van der Waals surface area contributed by atoms with Crippen molar-refractivity contribution in [2.24, 2.45) is 5.92 Å². The fourth-order valence-corrected chi connectivity index (χ4v) is 3.93. The molecule has 9 nitrogen and oxygen atoms in total. The predicted octanol–water partition coefficient (Wildman–Crippen LogP) is 1.71. The van der Waals surface area contributed by atoms with Gasteiger partial charge in [-0.25, -0.2) is 0 Å². The van der Waals surface area contributed by atoms with Gasteiger partial charge in [0, 0.05) is 52.1 Å². The Hall–Kier alpha value is -3.28. The van der Waals surface area contributed by atoms with Crippen molar-refractivity contribution in [2.45, 2.75) is 19.8 Å². The minimum Gasteiger partial charge on any atom is -0.459 e. The Kier molecular flexibility index (Phi) is 5.25. The molecule has 0 spiro atoms. The van der Waals surface area contributed by atoms with E-state index in [1.807, 2.05) is 9.80 Å². The fraction of sp³-hybridized carbons (Fsp3) is 0.500. The molecule has 0 N–H and O–H groups in total. The molecule has 0 radical (unpaired) electrons. The van der Waals surface area contributed by atoms with Gasteiger partial charge in [-0.1, -0.05) is 0 Å². The molecule has 2 amide bonds. The van der Waals surface area contributed by atoms with Crippen LogP contribution in [-0.2, 0) is 9.59 Å². The first-order chi connectivity index (χ1) is 14.1. The van der Waals surface area contributed by atoms with Crippen LogP contribution in [0.4, 0.5) is 5.88 Å². The summed E-state index contributed by atoms with van der Waals surface area (Å²) in [6, 6.07) is 5.54. The number of piperazine rings is 1. The maximum Gasteiger partial charge on any atom is 0.266 e. The number of carbonyl (C=O) groups is 2. The molecule has 0 bridgehead atoms. The summed E-state index contributed by atoms with van der Waals surface area (Å²) in [4.78, 5) is 34.1. The van der Waals surface area contributed by atoms with Crippen molar-refractivity contribution in [1.82, 2.24) is 14.8 Å². The fourth-order valence-electron chi connectivity index (χ4n) is 3.93. The van der Waals surface area contributed by atoms with Gasteiger partial charge in [-0.3, -0.25) is 9.59 Å². The maximum absolute atomic E-state index is 12.9. The van der Waals surface area contributed by atoms with Gasteiger partial charge in [-0.2, -0.15) is 10.2 Å². The highest BCUT2D eigenvalue weighted by molar-refractivity contribution is 5.80. The van der Waals surface area contributed by atoms with E-state index in [1.54, 1.807) is 24.0 Å². The summed E-state index contributed by atoms with van der Waals surface area (Å²) in [5.74, 6) is 1.35. The number of amides is 2. The topological polar surface area (TPSA) is 107 Å².